The zero-order valence-corrected chi connectivity index (χ0v) is 15.4. The van der Waals surface area contributed by atoms with Crippen LogP contribution in [0.2, 0.25) is 0 Å². The van der Waals surface area contributed by atoms with Crippen molar-refractivity contribution in [3.8, 4) is 0 Å². The molecule has 0 aliphatic carbocycles. The highest BCUT2D eigenvalue weighted by Gasteiger charge is 2.25. The van der Waals surface area contributed by atoms with E-state index >= 15 is 0 Å². The molecule has 0 radical (unpaired) electrons. The van der Waals surface area contributed by atoms with Crippen molar-refractivity contribution >= 4 is 23.2 Å². The molecule has 1 aromatic rings. The van der Waals surface area contributed by atoms with Crippen LogP contribution in [-0.2, 0) is 4.79 Å². The molecule has 0 aromatic heterocycles. The van der Waals surface area contributed by atoms with E-state index in [2.05, 4.69) is 10.2 Å². The Labute approximate surface area is 150 Å². The van der Waals surface area contributed by atoms with Crippen molar-refractivity contribution in [2.24, 2.45) is 5.92 Å². The van der Waals surface area contributed by atoms with Crippen LogP contribution in [0.4, 0.5) is 11.4 Å². The largest absolute Gasteiger partial charge is 0.371 e. The predicted molar refractivity (Wildman–Crippen MR) is 101 cm³/mol. The van der Waals surface area contributed by atoms with Crippen molar-refractivity contribution in [3.05, 3.63) is 23.8 Å². The molecule has 0 spiro atoms. The van der Waals surface area contributed by atoms with Gasteiger partial charge in [0.05, 0.1) is 5.56 Å². The van der Waals surface area contributed by atoms with Gasteiger partial charge in [-0.25, -0.2) is 0 Å². The fourth-order valence-corrected chi connectivity index (χ4v) is 3.69. The number of likely N-dealkylation sites (tertiary alicyclic amines) is 1. The first-order valence-electron chi connectivity index (χ1n) is 9.52. The SMILES string of the molecule is CC(C)CC(=O)Nc1ccc(N2CCCC2)c(C(=O)N2CCCC2)c1. The van der Waals surface area contributed by atoms with Gasteiger partial charge in [-0.3, -0.25) is 9.59 Å². The van der Waals surface area contributed by atoms with Gasteiger partial charge < -0.3 is 15.1 Å². The van der Waals surface area contributed by atoms with Gasteiger partial charge in [0.25, 0.3) is 5.91 Å². The third-order valence-electron chi connectivity index (χ3n) is 4.94. The number of benzene rings is 1. The second kappa shape index (κ2) is 7.89. The van der Waals surface area contributed by atoms with Gasteiger partial charge >= 0.3 is 0 Å². The Bertz CT molecular complexity index is 630. The van der Waals surface area contributed by atoms with Crippen LogP contribution in [-0.4, -0.2) is 42.9 Å². The number of anilines is 2. The number of hydrogen-bond donors (Lipinski definition) is 1. The Morgan fingerprint density at radius 1 is 1.04 bits per heavy atom. The van der Waals surface area contributed by atoms with E-state index in [4.69, 9.17) is 0 Å². The monoisotopic (exact) mass is 343 g/mol. The van der Waals surface area contributed by atoms with Crippen molar-refractivity contribution in [2.75, 3.05) is 36.4 Å². The van der Waals surface area contributed by atoms with Crippen molar-refractivity contribution in [3.63, 3.8) is 0 Å². The standard InChI is InChI=1S/C20H29N3O2/c1-15(2)13-19(24)21-16-7-8-18(22-9-3-4-10-22)17(14-16)20(25)23-11-5-6-12-23/h7-8,14-15H,3-6,9-13H2,1-2H3,(H,21,24). The summed E-state index contributed by atoms with van der Waals surface area (Å²) in [5.41, 5.74) is 2.46. The lowest BCUT2D eigenvalue weighted by atomic mass is 10.1. The zero-order valence-electron chi connectivity index (χ0n) is 15.4. The van der Waals surface area contributed by atoms with Crippen LogP contribution in [0.3, 0.4) is 0 Å². The van der Waals surface area contributed by atoms with Crippen molar-refractivity contribution < 1.29 is 9.59 Å². The first-order chi connectivity index (χ1) is 12.0. The van der Waals surface area contributed by atoms with E-state index in [0.717, 1.165) is 56.0 Å². The lowest BCUT2D eigenvalue weighted by Crippen LogP contribution is -2.30. The van der Waals surface area contributed by atoms with Crippen LogP contribution in [0.1, 0.15) is 56.3 Å². The van der Waals surface area contributed by atoms with Crippen molar-refractivity contribution in [1.29, 1.82) is 0 Å². The van der Waals surface area contributed by atoms with Gasteiger partial charge in [-0.15, -0.1) is 0 Å². The summed E-state index contributed by atoms with van der Waals surface area (Å²) in [4.78, 5) is 29.3. The Morgan fingerprint density at radius 3 is 2.32 bits per heavy atom. The first-order valence-corrected chi connectivity index (χ1v) is 9.52. The molecule has 1 aromatic carbocycles. The van der Waals surface area contributed by atoms with Gasteiger partial charge in [-0.05, 0) is 49.8 Å². The highest BCUT2D eigenvalue weighted by Crippen LogP contribution is 2.29. The first kappa shape index (κ1) is 17.8. The number of amides is 2. The Hall–Kier alpha value is -2.04. The zero-order chi connectivity index (χ0) is 17.8. The molecule has 136 valence electrons. The smallest absolute Gasteiger partial charge is 0.256 e. The number of nitrogens with zero attached hydrogens (tertiary/aromatic N) is 2. The topological polar surface area (TPSA) is 52.7 Å². The minimum atomic E-state index is 0.00324. The maximum Gasteiger partial charge on any atom is 0.256 e. The third kappa shape index (κ3) is 4.33. The molecule has 2 aliphatic heterocycles. The molecular formula is C20H29N3O2. The molecule has 2 aliphatic rings. The predicted octanol–water partition coefficient (Wildman–Crippen LogP) is 3.51. The molecule has 2 fully saturated rings. The van der Waals surface area contributed by atoms with Gasteiger partial charge in [0.1, 0.15) is 0 Å². The summed E-state index contributed by atoms with van der Waals surface area (Å²) in [5.74, 6) is 0.414. The molecule has 2 heterocycles. The molecule has 1 N–H and O–H groups in total. The summed E-state index contributed by atoms with van der Waals surface area (Å²) in [6, 6.07) is 5.79. The van der Waals surface area contributed by atoms with Crippen LogP contribution in [0.5, 0.6) is 0 Å². The van der Waals surface area contributed by atoms with Crippen LogP contribution in [0, 0.1) is 5.92 Å². The molecule has 2 saturated heterocycles. The quantitative estimate of drug-likeness (QED) is 0.890. The van der Waals surface area contributed by atoms with E-state index in [1.54, 1.807) is 0 Å². The summed E-state index contributed by atoms with van der Waals surface area (Å²) in [6.45, 7) is 7.72. The van der Waals surface area contributed by atoms with E-state index in [-0.39, 0.29) is 11.8 Å². The van der Waals surface area contributed by atoms with E-state index in [9.17, 15) is 9.59 Å². The third-order valence-corrected chi connectivity index (χ3v) is 4.94. The van der Waals surface area contributed by atoms with E-state index in [1.165, 1.54) is 12.8 Å². The average Bonchev–Trinajstić information content (AvgIpc) is 3.27. The van der Waals surface area contributed by atoms with Crippen LogP contribution < -0.4 is 10.2 Å². The average molecular weight is 343 g/mol. The minimum absolute atomic E-state index is 0.00324. The highest BCUT2D eigenvalue weighted by atomic mass is 16.2. The second-order valence-electron chi connectivity index (χ2n) is 7.57. The van der Waals surface area contributed by atoms with Crippen molar-refractivity contribution in [1.82, 2.24) is 4.90 Å². The maximum absolute atomic E-state index is 13.0. The van der Waals surface area contributed by atoms with Gasteiger partial charge in [0.15, 0.2) is 0 Å². The van der Waals surface area contributed by atoms with Gasteiger partial charge in [0.2, 0.25) is 5.91 Å². The maximum atomic E-state index is 13.0. The molecule has 0 saturated carbocycles. The molecular weight excluding hydrogens is 314 g/mol. The molecule has 0 atom stereocenters. The molecule has 5 nitrogen and oxygen atoms in total. The van der Waals surface area contributed by atoms with Crippen molar-refractivity contribution in [2.45, 2.75) is 46.0 Å². The molecule has 0 bridgehead atoms. The van der Waals surface area contributed by atoms with Gasteiger partial charge in [-0.2, -0.15) is 0 Å². The fourth-order valence-electron chi connectivity index (χ4n) is 3.69. The van der Waals surface area contributed by atoms with Crippen LogP contribution in [0.25, 0.3) is 0 Å². The molecule has 25 heavy (non-hydrogen) atoms. The molecule has 0 unspecified atom stereocenters. The highest BCUT2D eigenvalue weighted by molar-refractivity contribution is 6.02. The number of hydrogen-bond acceptors (Lipinski definition) is 3. The van der Waals surface area contributed by atoms with Gasteiger partial charge in [0, 0.05) is 44.0 Å². The summed E-state index contributed by atoms with van der Waals surface area (Å²) in [5, 5.41) is 2.95. The Kier molecular flexibility index (Phi) is 5.61. The molecule has 3 rings (SSSR count). The second-order valence-corrected chi connectivity index (χ2v) is 7.57. The Morgan fingerprint density at radius 2 is 1.68 bits per heavy atom. The number of carbonyl (C=O) groups is 2. The molecule has 2 amide bonds. The van der Waals surface area contributed by atoms with Crippen LogP contribution in [0.15, 0.2) is 18.2 Å². The normalized spacial score (nSPS) is 17.4. The minimum Gasteiger partial charge on any atom is -0.371 e. The number of carbonyl (C=O) groups excluding carboxylic acids is 2. The fraction of sp³-hybridized carbons (Fsp3) is 0.600. The summed E-state index contributed by atoms with van der Waals surface area (Å²) < 4.78 is 0. The van der Waals surface area contributed by atoms with Crippen LogP contribution >= 0.6 is 0 Å². The van der Waals surface area contributed by atoms with E-state index < -0.39 is 0 Å². The lowest BCUT2D eigenvalue weighted by molar-refractivity contribution is -0.116. The number of nitrogens with one attached hydrogen (secondary N) is 1. The van der Waals surface area contributed by atoms with E-state index in [0.29, 0.717) is 12.3 Å². The summed E-state index contributed by atoms with van der Waals surface area (Å²) in [7, 11) is 0. The van der Waals surface area contributed by atoms with Gasteiger partial charge in [-0.1, -0.05) is 13.8 Å². The summed E-state index contributed by atoms with van der Waals surface area (Å²) in [6.07, 6.45) is 4.99. The number of rotatable bonds is 5. The molecule has 5 heteroatoms. The van der Waals surface area contributed by atoms with E-state index in [1.807, 2.05) is 36.9 Å². The lowest BCUT2D eigenvalue weighted by Gasteiger charge is -2.24. The summed E-state index contributed by atoms with van der Waals surface area (Å²) >= 11 is 0. The Balaban J connectivity index is 1.85.